The lowest BCUT2D eigenvalue weighted by molar-refractivity contribution is -0.133. The number of hydrogen-bond acceptors (Lipinski definition) is 3. The molecule has 0 heterocycles. The molecule has 0 atom stereocenters. The molecule has 0 aromatic heterocycles. The van der Waals surface area contributed by atoms with Crippen molar-refractivity contribution >= 4 is 5.97 Å². The van der Waals surface area contributed by atoms with Crippen molar-refractivity contribution in [3.05, 3.63) is 89.5 Å². The van der Waals surface area contributed by atoms with E-state index in [0.717, 1.165) is 22.6 Å². The molecule has 1 aliphatic rings. The number of carbonyl (C=O) groups is 1. The van der Waals surface area contributed by atoms with Gasteiger partial charge in [-0.3, -0.25) is 4.79 Å². The molecule has 0 amide bonds. The summed E-state index contributed by atoms with van der Waals surface area (Å²) in [6, 6.07) is 25.5. The van der Waals surface area contributed by atoms with Crippen LogP contribution in [0.25, 0.3) is 11.1 Å². The average Bonchev–Trinajstić information content (AvgIpc) is 2.81. The first-order valence-electron chi connectivity index (χ1n) is 11.0. The summed E-state index contributed by atoms with van der Waals surface area (Å²) >= 11 is 0. The first kappa shape index (κ1) is 20.9. The molecule has 1 fully saturated rings. The third-order valence-corrected chi connectivity index (χ3v) is 6.25. The maximum absolute atomic E-state index is 12.4. The van der Waals surface area contributed by atoms with Crippen molar-refractivity contribution in [3.63, 3.8) is 0 Å². The lowest BCUT2D eigenvalue weighted by Crippen LogP contribution is -2.12. The van der Waals surface area contributed by atoms with Gasteiger partial charge in [0, 0.05) is 0 Å². The molecule has 0 aliphatic heterocycles. The molecule has 4 rings (SSSR count). The first-order valence-corrected chi connectivity index (χ1v) is 11.0. The Balaban J connectivity index is 1.32. The molecule has 1 aliphatic carbocycles. The molecule has 0 bridgehead atoms. The van der Waals surface area contributed by atoms with Crippen LogP contribution in [0.1, 0.15) is 55.2 Å². The van der Waals surface area contributed by atoms with Crippen LogP contribution < -0.4 is 4.74 Å². The molecule has 31 heavy (non-hydrogen) atoms. The highest BCUT2D eigenvalue weighted by molar-refractivity contribution is 5.75. The smallest absolute Gasteiger partial charge is 0.315 e. The van der Waals surface area contributed by atoms with E-state index in [1.54, 1.807) is 24.3 Å². The van der Waals surface area contributed by atoms with E-state index >= 15 is 0 Å². The summed E-state index contributed by atoms with van der Waals surface area (Å²) in [5.41, 5.74) is 5.03. The van der Waals surface area contributed by atoms with Crippen LogP contribution in [0.5, 0.6) is 5.75 Å². The van der Waals surface area contributed by atoms with Gasteiger partial charge >= 0.3 is 5.97 Å². The van der Waals surface area contributed by atoms with Crippen LogP contribution >= 0.6 is 0 Å². The summed E-state index contributed by atoms with van der Waals surface area (Å²) < 4.78 is 5.52. The Kier molecular flexibility index (Phi) is 6.48. The SMILES string of the molecule is CC1CCC(c2ccc(CC(=O)Oc3ccc(-c4ccc(C#N)cc4)cc3)cc2)CC1. The summed E-state index contributed by atoms with van der Waals surface area (Å²) in [7, 11) is 0. The number of hydrogen-bond donors (Lipinski definition) is 0. The number of nitriles is 1. The Morgan fingerprint density at radius 1 is 0.871 bits per heavy atom. The van der Waals surface area contributed by atoms with E-state index in [4.69, 9.17) is 10.00 Å². The number of nitrogens with zero attached hydrogens (tertiary/aromatic N) is 1. The second-order valence-electron chi connectivity index (χ2n) is 8.56. The average molecular weight is 410 g/mol. The van der Waals surface area contributed by atoms with Crippen molar-refractivity contribution in [1.82, 2.24) is 0 Å². The molecule has 0 radical (unpaired) electrons. The summed E-state index contributed by atoms with van der Waals surface area (Å²) in [6.07, 6.45) is 5.41. The minimum Gasteiger partial charge on any atom is -0.426 e. The third-order valence-electron chi connectivity index (χ3n) is 6.25. The summed E-state index contributed by atoms with van der Waals surface area (Å²) in [5.74, 6) is 1.79. The van der Waals surface area contributed by atoms with Crippen molar-refractivity contribution < 1.29 is 9.53 Å². The molecular weight excluding hydrogens is 382 g/mol. The van der Waals surface area contributed by atoms with Gasteiger partial charge in [0.05, 0.1) is 18.1 Å². The summed E-state index contributed by atoms with van der Waals surface area (Å²) in [6.45, 7) is 2.34. The van der Waals surface area contributed by atoms with Crippen LogP contribution in [0.15, 0.2) is 72.8 Å². The largest absolute Gasteiger partial charge is 0.426 e. The van der Waals surface area contributed by atoms with Crippen LogP contribution in [-0.4, -0.2) is 5.97 Å². The van der Waals surface area contributed by atoms with Gasteiger partial charge in [-0.15, -0.1) is 0 Å². The zero-order valence-corrected chi connectivity index (χ0v) is 17.9. The third kappa shape index (κ3) is 5.41. The van der Waals surface area contributed by atoms with Gasteiger partial charge in [0.15, 0.2) is 0 Å². The zero-order chi connectivity index (χ0) is 21.6. The standard InChI is InChI=1S/C28H27NO2/c1-20-2-8-23(9-3-20)24-10-4-21(5-11-24)18-28(30)31-27-16-14-26(15-17-27)25-12-6-22(19-29)7-13-25/h4-7,10-17,20,23H,2-3,8-9,18H2,1H3. The molecule has 156 valence electrons. The molecule has 1 saturated carbocycles. The summed E-state index contributed by atoms with van der Waals surface area (Å²) in [4.78, 5) is 12.4. The number of carbonyl (C=O) groups excluding carboxylic acids is 1. The molecule has 3 nitrogen and oxygen atoms in total. The van der Waals surface area contributed by atoms with Gasteiger partial charge in [-0.2, -0.15) is 5.26 Å². The predicted molar refractivity (Wildman–Crippen MR) is 123 cm³/mol. The van der Waals surface area contributed by atoms with E-state index in [0.29, 0.717) is 17.2 Å². The highest BCUT2D eigenvalue weighted by Crippen LogP contribution is 2.35. The maximum Gasteiger partial charge on any atom is 0.315 e. The topological polar surface area (TPSA) is 50.1 Å². The van der Waals surface area contributed by atoms with Gasteiger partial charge in [-0.1, -0.05) is 68.3 Å². The zero-order valence-electron chi connectivity index (χ0n) is 17.9. The second kappa shape index (κ2) is 9.62. The fourth-order valence-corrected chi connectivity index (χ4v) is 4.29. The van der Waals surface area contributed by atoms with Crippen LogP contribution in [0, 0.1) is 17.2 Å². The summed E-state index contributed by atoms with van der Waals surface area (Å²) in [5, 5.41) is 8.91. The quantitative estimate of drug-likeness (QED) is 0.349. The molecule has 3 aromatic carbocycles. The van der Waals surface area contributed by atoms with Crippen molar-refractivity contribution in [3.8, 4) is 22.9 Å². The molecule has 3 aromatic rings. The molecule has 0 unspecified atom stereocenters. The second-order valence-corrected chi connectivity index (χ2v) is 8.56. The lowest BCUT2D eigenvalue weighted by atomic mass is 9.79. The molecular formula is C28H27NO2. The van der Waals surface area contributed by atoms with Gasteiger partial charge in [0.1, 0.15) is 5.75 Å². The van der Waals surface area contributed by atoms with E-state index < -0.39 is 0 Å². The predicted octanol–water partition coefficient (Wildman–Crippen LogP) is 6.67. The van der Waals surface area contributed by atoms with E-state index in [1.165, 1.54) is 31.2 Å². The Morgan fingerprint density at radius 2 is 1.45 bits per heavy atom. The highest BCUT2D eigenvalue weighted by Gasteiger charge is 2.19. The van der Waals surface area contributed by atoms with Gasteiger partial charge in [-0.25, -0.2) is 0 Å². The number of rotatable bonds is 5. The minimum atomic E-state index is -0.259. The minimum absolute atomic E-state index is 0.259. The Bertz CT molecular complexity index is 1050. The van der Waals surface area contributed by atoms with Gasteiger partial charge in [-0.05, 0) is 71.2 Å². The monoisotopic (exact) mass is 409 g/mol. The van der Waals surface area contributed by atoms with Gasteiger partial charge in [0.2, 0.25) is 0 Å². The van der Waals surface area contributed by atoms with E-state index in [1.807, 2.05) is 24.3 Å². The van der Waals surface area contributed by atoms with Crippen LogP contribution in [0.2, 0.25) is 0 Å². The van der Waals surface area contributed by atoms with Crippen LogP contribution in [-0.2, 0) is 11.2 Å². The van der Waals surface area contributed by atoms with Crippen molar-refractivity contribution in [2.45, 2.75) is 44.9 Å². The van der Waals surface area contributed by atoms with Gasteiger partial charge < -0.3 is 4.74 Å². The van der Waals surface area contributed by atoms with Crippen molar-refractivity contribution in [1.29, 1.82) is 5.26 Å². The number of ether oxygens (including phenoxy) is 1. The van der Waals surface area contributed by atoms with E-state index in [9.17, 15) is 4.79 Å². The normalized spacial score (nSPS) is 18.2. The molecule has 0 spiro atoms. The fourth-order valence-electron chi connectivity index (χ4n) is 4.29. The van der Waals surface area contributed by atoms with E-state index in [-0.39, 0.29) is 12.4 Å². The number of esters is 1. The lowest BCUT2D eigenvalue weighted by Gasteiger charge is -2.26. The molecule has 0 saturated heterocycles. The van der Waals surface area contributed by atoms with E-state index in [2.05, 4.69) is 37.3 Å². The van der Waals surface area contributed by atoms with Crippen LogP contribution in [0.3, 0.4) is 0 Å². The Morgan fingerprint density at radius 3 is 2.03 bits per heavy atom. The highest BCUT2D eigenvalue weighted by atomic mass is 16.5. The van der Waals surface area contributed by atoms with Gasteiger partial charge in [0.25, 0.3) is 0 Å². The molecule has 3 heteroatoms. The Labute approximate surface area is 184 Å². The molecule has 0 N–H and O–H groups in total. The first-order chi connectivity index (χ1) is 15.1. The fraction of sp³-hybridized carbons (Fsp3) is 0.286. The van der Waals surface area contributed by atoms with Crippen molar-refractivity contribution in [2.24, 2.45) is 5.92 Å². The Hall–Kier alpha value is -3.38. The van der Waals surface area contributed by atoms with Crippen molar-refractivity contribution in [2.75, 3.05) is 0 Å². The number of benzene rings is 3. The van der Waals surface area contributed by atoms with Crippen LogP contribution in [0.4, 0.5) is 0 Å². The maximum atomic E-state index is 12.4.